The summed E-state index contributed by atoms with van der Waals surface area (Å²) < 4.78 is 6.41. The van der Waals surface area contributed by atoms with Crippen molar-refractivity contribution in [2.24, 2.45) is 0 Å². The van der Waals surface area contributed by atoms with Crippen LogP contribution in [0.1, 0.15) is 5.56 Å². The average Bonchev–Trinajstić information content (AvgIpc) is 2.91. The molecule has 2 heterocycles. The molecule has 0 saturated carbocycles. The van der Waals surface area contributed by atoms with E-state index in [2.05, 4.69) is 15.0 Å². The molecule has 0 atom stereocenters. The molecule has 3 rings (SSSR count). The molecular weight excluding hydrogens is 258 g/mol. The third-order valence-corrected chi connectivity index (χ3v) is 2.77. The van der Waals surface area contributed by atoms with Crippen molar-refractivity contribution >= 4 is 23.1 Å². The van der Waals surface area contributed by atoms with Crippen LogP contribution in [0.4, 0.5) is 10.6 Å². The van der Waals surface area contributed by atoms with Crippen molar-refractivity contribution in [3.63, 3.8) is 0 Å². The summed E-state index contributed by atoms with van der Waals surface area (Å²) in [7, 11) is 0. The van der Waals surface area contributed by atoms with E-state index >= 15 is 0 Å². The zero-order valence-corrected chi connectivity index (χ0v) is 10.4. The molecule has 2 N–H and O–H groups in total. The highest BCUT2D eigenvalue weighted by atomic mass is 16.5. The highest BCUT2D eigenvalue weighted by Gasteiger charge is 2.15. The number of nitrogen functional groups attached to an aromatic ring is 1. The Kier molecular flexibility index (Phi) is 3.00. The van der Waals surface area contributed by atoms with Crippen LogP contribution in [0.5, 0.6) is 0 Å². The summed E-state index contributed by atoms with van der Waals surface area (Å²) in [5.74, 6) is 0.184. The summed E-state index contributed by atoms with van der Waals surface area (Å²) >= 11 is 0. The molecule has 0 amide bonds. The molecule has 0 fully saturated rings. The van der Waals surface area contributed by atoms with E-state index in [0.29, 0.717) is 11.2 Å². The van der Waals surface area contributed by atoms with Gasteiger partial charge < -0.3 is 10.5 Å². The quantitative estimate of drug-likeness (QED) is 0.759. The van der Waals surface area contributed by atoms with Crippen LogP contribution >= 0.6 is 0 Å². The standard InChI is InChI=1S/C13H11N5O2/c14-11-10-12(16-7-15-11)17-8-18(10)13(19)20-6-9-4-2-1-3-5-9/h1-5,7-8H,6H2,(H2,14,15,16). The van der Waals surface area contributed by atoms with Crippen LogP contribution in [-0.2, 0) is 11.3 Å². The molecule has 0 spiro atoms. The van der Waals surface area contributed by atoms with Crippen molar-refractivity contribution in [2.45, 2.75) is 6.61 Å². The second-order valence-corrected chi connectivity index (χ2v) is 4.09. The molecule has 20 heavy (non-hydrogen) atoms. The van der Waals surface area contributed by atoms with Gasteiger partial charge in [-0.2, -0.15) is 0 Å². The minimum atomic E-state index is -0.571. The topological polar surface area (TPSA) is 95.9 Å². The van der Waals surface area contributed by atoms with Crippen LogP contribution in [0.2, 0.25) is 0 Å². The normalized spacial score (nSPS) is 10.6. The van der Waals surface area contributed by atoms with Gasteiger partial charge in [0, 0.05) is 0 Å². The molecule has 1 aromatic carbocycles. The van der Waals surface area contributed by atoms with Gasteiger partial charge in [-0.3, -0.25) is 0 Å². The predicted octanol–water partition coefficient (Wildman–Crippen LogP) is 1.59. The molecular formula is C13H11N5O2. The van der Waals surface area contributed by atoms with Crippen LogP contribution in [-0.4, -0.2) is 25.6 Å². The van der Waals surface area contributed by atoms with Gasteiger partial charge in [-0.05, 0) is 5.56 Å². The molecule has 7 nitrogen and oxygen atoms in total. The molecule has 0 aliphatic rings. The molecule has 0 aliphatic heterocycles. The minimum Gasteiger partial charge on any atom is -0.444 e. The number of nitrogens with zero attached hydrogens (tertiary/aromatic N) is 4. The maximum absolute atomic E-state index is 12.0. The van der Waals surface area contributed by atoms with E-state index < -0.39 is 6.09 Å². The van der Waals surface area contributed by atoms with Crippen molar-refractivity contribution in [1.29, 1.82) is 0 Å². The van der Waals surface area contributed by atoms with E-state index in [4.69, 9.17) is 10.5 Å². The number of carbonyl (C=O) groups excluding carboxylic acids is 1. The number of imidazole rings is 1. The Balaban J connectivity index is 1.83. The first-order valence-electron chi connectivity index (χ1n) is 5.90. The van der Waals surface area contributed by atoms with Gasteiger partial charge in [0.1, 0.15) is 24.8 Å². The fourth-order valence-electron chi connectivity index (χ4n) is 1.81. The number of aromatic nitrogens is 4. The number of rotatable bonds is 2. The SMILES string of the molecule is Nc1ncnc2ncn(C(=O)OCc3ccccc3)c12. The molecule has 0 unspecified atom stereocenters. The van der Waals surface area contributed by atoms with Crippen molar-refractivity contribution in [2.75, 3.05) is 5.73 Å². The zero-order chi connectivity index (χ0) is 13.9. The molecule has 0 radical (unpaired) electrons. The van der Waals surface area contributed by atoms with Crippen molar-refractivity contribution in [3.8, 4) is 0 Å². The van der Waals surface area contributed by atoms with Crippen LogP contribution in [0.15, 0.2) is 43.0 Å². The Labute approximate surface area is 114 Å². The number of hydrogen-bond donors (Lipinski definition) is 1. The van der Waals surface area contributed by atoms with Crippen LogP contribution in [0, 0.1) is 0 Å². The first kappa shape index (κ1) is 12.1. The van der Waals surface area contributed by atoms with Gasteiger partial charge in [0.05, 0.1) is 0 Å². The van der Waals surface area contributed by atoms with E-state index in [0.717, 1.165) is 5.56 Å². The Morgan fingerprint density at radius 3 is 2.80 bits per heavy atom. The Bertz CT molecular complexity index is 754. The number of carbonyl (C=O) groups is 1. The number of hydrogen-bond acceptors (Lipinski definition) is 6. The second-order valence-electron chi connectivity index (χ2n) is 4.09. The number of fused-ring (bicyclic) bond motifs is 1. The summed E-state index contributed by atoms with van der Waals surface area (Å²) in [6.07, 6.45) is 2.05. The minimum absolute atomic E-state index is 0.174. The number of benzene rings is 1. The van der Waals surface area contributed by atoms with Crippen LogP contribution < -0.4 is 5.73 Å². The molecule has 0 aliphatic carbocycles. The van der Waals surface area contributed by atoms with Gasteiger partial charge in [-0.1, -0.05) is 30.3 Å². The van der Waals surface area contributed by atoms with E-state index in [1.165, 1.54) is 17.2 Å². The predicted molar refractivity (Wildman–Crippen MR) is 71.8 cm³/mol. The molecule has 100 valence electrons. The molecule has 2 aromatic heterocycles. The largest absolute Gasteiger partial charge is 0.444 e. The Hall–Kier alpha value is -2.96. The lowest BCUT2D eigenvalue weighted by Crippen LogP contribution is -2.13. The summed E-state index contributed by atoms with van der Waals surface area (Å²) in [6.45, 7) is 0.174. The van der Waals surface area contributed by atoms with Gasteiger partial charge in [-0.25, -0.2) is 24.3 Å². The van der Waals surface area contributed by atoms with Crippen LogP contribution in [0.25, 0.3) is 11.2 Å². The first-order valence-corrected chi connectivity index (χ1v) is 5.90. The second kappa shape index (κ2) is 4.96. The summed E-state index contributed by atoms with van der Waals surface area (Å²) in [4.78, 5) is 23.8. The van der Waals surface area contributed by atoms with E-state index in [1.807, 2.05) is 30.3 Å². The number of ether oxygens (including phenoxy) is 1. The monoisotopic (exact) mass is 269 g/mol. The summed E-state index contributed by atoms with van der Waals surface area (Å²) in [5.41, 5.74) is 7.33. The van der Waals surface area contributed by atoms with Crippen LogP contribution in [0.3, 0.4) is 0 Å². The van der Waals surface area contributed by atoms with Gasteiger partial charge in [0.2, 0.25) is 0 Å². The Morgan fingerprint density at radius 1 is 1.20 bits per heavy atom. The fraction of sp³-hybridized carbons (Fsp3) is 0.0769. The van der Waals surface area contributed by atoms with Crippen molar-refractivity contribution < 1.29 is 9.53 Å². The van der Waals surface area contributed by atoms with Gasteiger partial charge >= 0.3 is 6.09 Å². The van der Waals surface area contributed by atoms with E-state index in [9.17, 15) is 4.79 Å². The lowest BCUT2D eigenvalue weighted by Gasteiger charge is -2.06. The number of nitrogens with two attached hydrogens (primary N) is 1. The van der Waals surface area contributed by atoms with E-state index in [1.54, 1.807) is 0 Å². The smallest absolute Gasteiger partial charge is 0.420 e. The fourth-order valence-corrected chi connectivity index (χ4v) is 1.81. The number of anilines is 1. The van der Waals surface area contributed by atoms with E-state index in [-0.39, 0.29) is 12.4 Å². The van der Waals surface area contributed by atoms with Gasteiger partial charge in [-0.15, -0.1) is 0 Å². The molecule has 3 aromatic rings. The average molecular weight is 269 g/mol. The lowest BCUT2D eigenvalue weighted by atomic mass is 10.2. The first-order chi connectivity index (χ1) is 9.75. The summed E-state index contributed by atoms with van der Waals surface area (Å²) in [6, 6.07) is 9.39. The van der Waals surface area contributed by atoms with Crippen molar-refractivity contribution in [1.82, 2.24) is 19.5 Å². The van der Waals surface area contributed by atoms with Crippen molar-refractivity contribution in [3.05, 3.63) is 48.5 Å². The third kappa shape index (κ3) is 2.16. The summed E-state index contributed by atoms with van der Waals surface area (Å²) in [5, 5.41) is 0. The third-order valence-electron chi connectivity index (χ3n) is 2.77. The molecule has 7 heteroatoms. The maximum atomic E-state index is 12.0. The lowest BCUT2D eigenvalue weighted by molar-refractivity contribution is 0.142. The maximum Gasteiger partial charge on any atom is 0.420 e. The zero-order valence-electron chi connectivity index (χ0n) is 10.4. The highest BCUT2D eigenvalue weighted by Crippen LogP contribution is 2.15. The van der Waals surface area contributed by atoms with Gasteiger partial charge in [0.25, 0.3) is 0 Å². The highest BCUT2D eigenvalue weighted by molar-refractivity contribution is 5.90. The Morgan fingerprint density at radius 2 is 2.00 bits per heavy atom. The molecule has 0 saturated heterocycles. The molecule has 0 bridgehead atoms. The van der Waals surface area contributed by atoms with Gasteiger partial charge in [0.15, 0.2) is 11.5 Å².